The lowest BCUT2D eigenvalue weighted by Crippen LogP contribution is -2.19. The monoisotopic (exact) mass is 234 g/mol. The molecule has 0 saturated heterocycles. The van der Waals surface area contributed by atoms with E-state index in [1.807, 2.05) is 0 Å². The summed E-state index contributed by atoms with van der Waals surface area (Å²) in [6.45, 7) is 1.64. The van der Waals surface area contributed by atoms with Crippen molar-refractivity contribution in [3.05, 3.63) is 34.3 Å². The summed E-state index contributed by atoms with van der Waals surface area (Å²) in [5.41, 5.74) is 0.172. The highest BCUT2D eigenvalue weighted by Crippen LogP contribution is 2.36. The first kappa shape index (κ1) is 11.9. The predicted octanol–water partition coefficient (Wildman–Crippen LogP) is 3.21. The fraction of sp³-hybridized carbons (Fsp3) is 0.300. The summed E-state index contributed by atoms with van der Waals surface area (Å²) < 4.78 is 26.8. The molecule has 0 aromatic heterocycles. The Bertz CT molecular complexity index is 391. The SMILES string of the molecule is Cc1ccc(Cl)c(C(F)(F)CC(=O)O)c1. The summed E-state index contributed by atoms with van der Waals surface area (Å²) in [5.74, 6) is -4.99. The number of benzene rings is 1. The predicted molar refractivity (Wildman–Crippen MR) is 52.3 cm³/mol. The van der Waals surface area contributed by atoms with Gasteiger partial charge >= 0.3 is 5.97 Å². The minimum absolute atomic E-state index is 0.119. The molecule has 0 spiro atoms. The number of carboxylic acid groups (broad SMARTS) is 1. The third-order valence-corrected chi connectivity index (χ3v) is 2.22. The van der Waals surface area contributed by atoms with Crippen molar-refractivity contribution in [2.24, 2.45) is 0 Å². The number of hydrogen-bond acceptors (Lipinski definition) is 1. The molecule has 0 amide bonds. The molecular formula is C10H9ClF2O2. The Morgan fingerprint density at radius 2 is 2.13 bits per heavy atom. The number of aliphatic carboxylic acids is 1. The van der Waals surface area contributed by atoms with Crippen LogP contribution < -0.4 is 0 Å². The summed E-state index contributed by atoms with van der Waals surface area (Å²) in [4.78, 5) is 10.3. The Morgan fingerprint density at radius 1 is 1.53 bits per heavy atom. The summed E-state index contributed by atoms with van der Waals surface area (Å²) >= 11 is 5.59. The molecule has 15 heavy (non-hydrogen) atoms. The van der Waals surface area contributed by atoms with Gasteiger partial charge in [-0.1, -0.05) is 23.2 Å². The van der Waals surface area contributed by atoms with Crippen LogP contribution in [0.25, 0.3) is 0 Å². The minimum Gasteiger partial charge on any atom is -0.481 e. The first-order chi connectivity index (χ1) is 6.83. The van der Waals surface area contributed by atoms with Crippen molar-refractivity contribution >= 4 is 17.6 Å². The zero-order valence-corrected chi connectivity index (χ0v) is 8.68. The second-order valence-electron chi connectivity index (χ2n) is 3.26. The average Bonchev–Trinajstić information content (AvgIpc) is 2.06. The Labute approximate surface area is 90.5 Å². The van der Waals surface area contributed by atoms with Crippen LogP contribution in [0, 0.1) is 6.92 Å². The third kappa shape index (κ3) is 2.89. The van der Waals surface area contributed by atoms with Gasteiger partial charge in [0.05, 0.1) is 0 Å². The Kier molecular flexibility index (Phi) is 3.29. The lowest BCUT2D eigenvalue weighted by Gasteiger charge is -2.16. The molecule has 0 aliphatic rings. The lowest BCUT2D eigenvalue weighted by molar-refractivity contribution is -0.145. The van der Waals surface area contributed by atoms with Crippen molar-refractivity contribution in [2.75, 3.05) is 0 Å². The van der Waals surface area contributed by atoms with Crippen LogP contribution in [-0.4, -0.2) is 11.1 Å². The minimum atomic E-state index is -3.44. The van der Waals surface area contributed by atoms with E-state index in [4.69, 9.17) is 16.7 Å². The van der Waals surface area contributed by atoms with Crippen LogP contribution in [0.3, 0.4) is 0 Å². The number of carboxylic acids is 1. The molecule has 0 saturated carbocycles. The summed E-state index contributed by atoms with van der Waals surface area (Å²) in [5, 5.41) is 8.23. The highest BCUT2D eigenvalue weighted by molar-refractivity contribution is 6.31. The Balaban J connectivity index is 3.13. The summed E-state index contributed by atoms with van der Waals surface area (Å²) in [6.07, 6.45) is -1.25. The van der Waals surface area contributed by atoms with Crippen LogP contribution >= 0.6 is 11.6 Å². The van der Waals surface area contributed by atoms with Crippen molar-refractivity contribution in [1.82, 2.24) is 0 Å². The standard InChI is InChI=1S/C10H9ClF2O2/c1-6-2-3-8(11)7(4-6)10(12,13)5-9(14)15/h2-4H,5H2,1H3,(H,14,15). The number of hydrogen-bond donors (Lipinski definition) is 1. The van der Waals surface area contributed by atoms with E-state index in [0.717, 1.165) is 0 Å². The van der Waals surface area contributed by atoms with Gasteiger partial charge in [0, 0.05) is 10.6 Å². The number of halogens is 3. The van der Waals surface area contributed by atoms with E-state index >= 15 is 0 Å². The van der Waals surface area contributed by atoms with Crippen LogP contribution in [0.2, 0.25) is 5.02 Å². The van der Waals surface area contributed by atoms with Crippen molar-refractivity contribution in [2.45, 2.75) is 19.3 Å². The van der Waals surface area contributed by atoms with Gasteiger partial charge in [-0.25, -0.2) is 8.78 Å². The molecule has 1 aromatic carbocycles. The number of rotatable bonds is 3. The molecule has 0 atom stereocenters. The molecule has 0 unspecified atom stereocenters. The van der Waals surface area contributed by atoms with Gasteiger partial charge in [0.25, 0.3) is 5.92 Å². The largest absolute Gasteiger partial charge is 0.481 e. The molecule has 1 aromatic rings. The smallest absolute Gasteiger partial charge is 0.309 e. The molecule has 1 N–H and O–H groups in total. The molecule has 0 heterocycles. The number of carbonyl (C=O) groups is 1. The normalized spacial score (nSPS) is 11.5. The van der Waals surface area contributed by atoms with Gasteiger partial charge in [-0.15, -0.1) is 0 Å². The molecule has 2 nitrogen and oxygen atoms in total. The fourth-order valence-electron chi connectivity index (χ4n) is 1.20. The van der Waals surface area contributed by atoms with Crippen LogP contribution in [0.5, 0.6) is 0 Å². The highest BCUT2D eigenvalue weighted by Gasteiger charge is 2.36. The molecule has 1 rings (SSSR count). The molecular weight excluding hydrogens is 226 g/mol. The Hall–Kier alpha value is -1.16. The zero-order chi connectivity index (χ0) is 11.6. The molecule has 0 bridgehead atoms. The van der Waals surface area contributed by atoms with Gasteiger partial charge in [-0.3, -0.25) is 4.79 Å². The maximum Gasteiger partial charge on any atom is 0.309 e. The summed E-state index contributed by atoms with van der Waals surface area (Å²) in [6, 6.07) is 4.12. The number of aryl methyl sites for hydroxylation is 1. The van der Waals surface area contributed by atoms with Gasteiger partial charge in [-0.2, -0.15) is 0 Å². The van der Waals surface area contributed by atoms with Gasteiger partial charge in [0.15, 0.2) is 0 Å². The van der Waals surface area contributed by atoms with Crippen molar-refractivity contribution in [1.29, 1.82) is 0 Å². The maximum atomic E-state index is 13.4. The average molecular weight is 235 g/mol. The fourth-order valence-corrected chi connectivity index (χ4v) is 1.46. The van der Waals surface area contributed by atoms with Crippen LogP contribution in [0.4, 0.5) is 8.78 Å². The Morgan fingerprint density at radius 3 is 2.67 bits per heavy atom. The van der Waals surface area contributed by atoms with Crippen LogP contribution in [0.1, 0.15) is 17.5 Å². The van der Waals surface area contributed by atoms with E-state index in [9.17, 15) is 13.6 Å². The molecule has 82 valence electrons. The molecule has 0 radical (unpaired) electrons. The van der Waals surface area contributed by atoms with Gasteiger partial charge in [0.2, 0.25) is 0 Å². The van der Waals surface area contributed by atoms with Crippen molar-refractivity contribution < 1.29 is 18.7 Å². The highest BCUT2D eigenvalue weighted by atomic mass is 35.5. The first-order valence-electron chi connectivity index (χ1n) is 4.19. The van der Waals surface area contributed by atoms with Crippen LogP contribution in [0.15, 0.2) is 18.2 Å². The van der Waals surface area contributed by atoms with E-state index in [-0.39, 0.29) is 5.02 Å². The maximum absolute atomic E-state index is 13.4. The van der Waals surface area contributed by atoms with Gasteiger partial charge in [-0.05, 0) is 19.1 Å². The second kappa shape index (κ2) is 4.14. The van der Waals surface area contributed by atoms with E-state index in [2.05, 4.69) is 0 Å². The van der Waals surface area contributed by atoms with Gasteiger partial charge < -0.3 is 5.11 Å². The quantitative estimate of drug-likeness (QED) is 0.872. The van der Waals surface area contributed by atoms with Crippen molar-refractivity contribution in [3.63, 3.8) is 0 Å². The van der Waals surface area contributed by atoms with Crippen molar-refractivity contribution in [3.8, 4) is 0 Å². The lowest BCUT2D eigenvalue weighted by atomic mass is 10.0. The molecule has 5 heteroatoms. The summed E-state index contributed by atoms with van der Waals surface area (Å²) in [7, 11) is 0. The molecule has 0 fully saturated rings. The van der Waals surface area contributed by atoms with Gasteiger partial charge in [0.1, 0.15) is 6.42 Å². The van der Waals surface area contributed by atoms with Crippen LogP contribution in [-0.2, 0) is 10.7 Å². The van der Waals surface area contributed by atoms with E-state index < -0.39 is 23.9 Å². The molecule has 0 aliphatic carbocycles. The second-order valence-corrected chi connectivity index (χ2v) is 3.67. The zero-order valence-electron chi connectivity index (χ0n) is 7.93. The van der Waals surface area contributed by atoms with E-state index in [0.29, 0.717) is 5.56 Å². The third-order valence-electron chi connectivity index (χ3n) is 1.89. The topological polar surface area (TPSA) is 37.3 Å². The van der Waals surface area contributed by atoms with E-state index in [1.165, 1.54) is 12.1 Å². The first-order valence-corrected chi connectivity index (χ1v) is 4.57. The number of alkyl halides is 2. The van der Waals surface area contributed by atoms with E-state index in [1.54, 1.807) is 13.0 Å². The molecule has 0 aliphatic heterocycles.